The normalized spacial score (nSPS) is 14.7. The molecule has 1 aliphatic heterocycles. The lowest BCUT2D eigenvalue weighted by Crippen LogP contribution is -2.56. The van der Waals surface area contributed by atoms with Crippen molar-refractivity contribution in [3.05, 3.63) is 59.7 Å². The fourth-order valence-electron chi connectivity index (χ4n) is 2.68. The second kappa shape index (κ2) is 6.99. The van der Waals surface area contributed by atoms with Crippen LogP contribution in [0.15, 0.2) is 48.5 Å². The van der Waals surface area contributed by atoms with Gasteiger partial charge in [-0.25, -0.2) is 8.42 Å². The van der Waals surface area contributed by atoms with Crippen LogP contribution in [0.1, 0.15) is 15.9 Å². The van der Waals surface area contributed by atoms with Gasteiger partial charge in [0.15, 0.2) is 0 Å². The molecule has 3 rings (SSSR count). The summed E-state index contributed by atoms with van der Waals surface area (Å²) < 4.78 is 30.1. The molecule has 1 fully saturated rings. The van der Waals surface area contributed by atoms with E-state index in [1.54, 1.807) is 29.2 Å². The Morgan fingerprint density at radius 3 is 2.19 bits per heavy atom. The fraction of sp³-hybridized carbons (Fsp3) is 0.316. The monoisotopic (exact) mass is 374 g/mol. The molecule has 0 aliphatic carbocycles. The maximum Gasteiger partial charge on any atom is 0.254 e. The van der Waals surface area contributed by atoms with E-state index in [0.29, 0.717) is 24.3 Å². The zero-order chi connectivity index (χ0) is 18.9. The summed E-state index contributed by atoms with van der Waals surface area (Å²) in [6.07, 6.45) is 1.14. The highest BCUT2D eigenvalue weighted by molar-refractivity contribution is 7.92. The van der Waals surface area contributed by atoms with Gasteiger partial charge in [-0.2, -0.15) is 0 Å². The molecular formula is C19H22N2O4S. The van der Waals surface area contributed by atoms with Crippen LogP contribution in [-0.2, 0) is 10.0 Å². The summed E-state index contributed by atoms with van der Waals surface area (Å²) in [5, 5.41) is 0. The SMILES string of the molecule is Cc1ccc(OC2CN(C(=O)c3ccc(N(C)S(C)(=O)=O)cc3)C2)cc1. The number of rotatable bonds is 5. The van der Waals surface area contributed by atoms with Gasteiger partial charge in [0, 0.05) is 12.6 Å². The van der Waals surface area contributed by atoms with Gasteiger partial charge in [0.25, 0.3) is 5.91 Å². The quantitative estimate of drug-likeness (QED) is 0.805. The van der Waals surface area contributed by atoms with E-state index in [-0.39, 0.29) is 12.0 Å². The Bertz CT molecular complexity index is 886. The van der Waals surface area contributed by atoms with E-state index in [1.807, 2.05) is 31.2 Å². The van der Waals surface area contributed by atoms with Crippen LogP contribution < -0.4 is 9.04 Å². The van der Waals surface area contributed by atoms with Crippen LogP contribution in [0.3, 0.4) is 0 Å². The van der Waals surface area contributed by atoms with Crippen molar-refractivity contribution in [2.75, 3.05) is 30.7 Å². The van der Waals surface area contributed by atoms with Gasteiger partial charge in [-0.3, -0.25) is 9.10 Å². The van der Waals surface area contributed by atoms with Crippen molar-refractivity contribution in [1.29, 1.82) is 0 Å². The molecule has 0 spiro atoms. The molecule has 26 heavy (non-hydrogen) atoms. The van der Waals surface area contributed by atoms with E-state index in [4.69, 9.17) is 4.74 Å². The van der Waals surface area contributed by atoms with Crippen molar-refractivity contribution in [2.24, 2.45) is 0 Å². The average Bonchev–Trinajstić information content (AvgIpc) is 2.57. The predicted molar refractivity (Wildman–Crippen MR) is 101 cm³/mol. The number of amides is 1. The Balaban J connectivity index is 1.57. The molecule has 138 valence electrons. The summed E-state index contributed by atoms with van der Waals surface area (Å²) in [6, 6.07) is 14.4. The number of sulfonamides is 1. The van der Waals surface area contributed by atoms with Crippen LogP contribution in [0.5, 0.6) is 5.75 Å². The molecule has 0 atom stereocenters. The third kappa shape index (κ3) is 3.99. The number of hydrogen-bond acceptors (Lipinski definition) is 4. The van der Waals surface area contributed by atoms with Crippen LogP contribution >= 0.6 is 0 Å². The Hall–Kier alpha value is -2.54. The molecule has 0 radical (unpaired) electrons. The van der Waals surface area contributed by atoms with Crippen molar-refractivity contribution in [2.45, 2.75) is 13.0 Å². The molecule has 1 heterocycles. The van der Waals surface area contributed by atoms with Crippen LogP contribution in [0.2, 0.25) is 0 Å². The van der Waals surface area contributed by atoms with E-state index in [9.17, 15) is 13.2 Å². The van der Waals surface area contributed by atoms with Crippen LogP contribution in [-0.4, -0.2) is 51.7 Å². The van der Waals surface area contributed by atoms with E-state index in [1.165, 1.54) is 16.9 Å². The summed E-state index contributed by atoms with van der Waals surface area (Å²) in [4.78, 5) is 14.2. The van der Waals surface area contributed by atoms with Crippen LogP contribution in [0.25, 0.3) is 0 Å². The fourth-order valence-corrected chi connectivity index (χ4v) is 3.18. The van der Waals surface area contributed by atoms with E-state index in [2.05, 4.69) is 0 Å². The lowest BCUT2D eigenvalue weighted by atomic mass is 10.1. The zero-order valence-corrected chi connectivity index (χ0v) is 15.9. The van der Waals surface area contributed by atoms with Gasteiger partial charge in [-0.15, -0.1) is 0 Å². The van der Waals surface area contributed by atoms with Gasteiger partial charge in [0.05, 0.1) is 25.0 Å². The van der Waals surface area contributed by atoms with Crippen LogP contribution in [0.4, 0.5) is 5.69 Å². The number of carbonyl (C=O) groups is 1. The predicted octanol–water partition coefficient (Wildman–Crippen LogP) is 2.29. The second-order valence-electron chi connectivity index (χ2n) is 6.54. The molecule has 0 aromatic heterocycles. The molecular weight excluding hydrogens is 352 g/mol. The molecule has 7 heteroatoms. The Kier molecular flexibility index (Phi) is 4.91. The maximum absolute atomic E-state index is 12.5. The van der Waals surface area contributed by atoms with Crippen molar-refractivity contribution in [3.63, 3.8) is 0 Å². The highest BCUT2D eigenvalue weighted by Gasteiger charge is 2.32. The largest absolute Gasteiger partial charge is 0.487 e. The maximum atomic E-state index is 12.5. The Labute approximate surface area is 154 Å². The molecule has 1 aliphatic rings. The average molecular weight is 374 g/mol. The summed E-state index contributed by atoms with van der Waals surface area (Å²) in [5.41, 5.74) is 2.23. The number of anilines is 1. The van der Waals surface area contributed by atoms with Crippen molar-refractivity contribution >= 4 is 21.6 Å². The molecule has 2 aromatic rings. The van der Waals surface area contributed by atoms with Gasteiger partial charge in [0.1, 0.15) is 11.9 Å². The third-order valence-corrected chi connectivity index (χ3v) is 5.64. The lowest BCUT2D eigenvalue weighted by molar-refractivity contribution is 0.0178. The minimum absolute atomic E-state index is 0.00250. The van der Waals surface area contributed by atoms with E-state index >= 15 is 0 Å². The summed E-state index contributed by atoms with van der Waals surface area (Å²) in [7, 11) is -1.84. The summed E-state index contributed by atoms with van der Waals surface area (Å²) in [6.45, 7) is 3.10. The number of likely N-dealkylation sites (tertiary alicyclic amines) is 1. The molecule has 2 aromatic carbocycles. The first-order valence-electron chi connectivity index (χ1n) is 8.30. The molecule has 1 saturated heterocycles. The number of nitrogens with zero attached hydrogens (tertiary/aromatic N) is 2. The summed E-state index contributed by atoms with van der Waals surface area (Å²) >= 11 is 0. The number of hydrogen-bond donors (Lipinski definition) is 0. The lowest BCUT2D eigenvalue weighted by Gasteiger charge is -2.39. The Morgan fingerprint density at radius 1 is 1.08 bits per heavy atom. The molecule has 0 bridgehead atoms. The van der Waals surface area contributed by atoms with Gasteiger partial charge < -0.3 is 9.64 Å². The van der Waals surface area contributed by atoms with Crippen molar-refractivity contribution in [1.82, 2.24) is 4.90 Å². The summed E-state index contributed by atoms with van der Waals surface area (Å²) in [5.74, 6) is 0.725. The standard InChI is InChI=1S/C19H22N2O4S/c1-14-4-10-17(11-5-14)25-18-12-21(13-18)19(22)15-6-8-16(9-7-15)20(2)26(3,23)24/h4-11,18H,12-13H2,1-3H3. The van der Waals surface area contributed by atoms with E-state index < -0.39 is 10.0 Å². The second-order valence-corrected chi connectivity index (χ2v) is 8.55. The first kappa shape index (κ1) is 18.3. The first-order valence-corrected chi connectivity index (χ1v) is 10.2. The molecule has 6 nitrogen and oxygen atoms in total. The number of benzene rings is 2. The van der Waals surface area contributed by atoms with Gasteiger partial charge >= 0.3 is 0 Å². The highest BCUT2D eigenvalue weighted by Crippen LogP contribution is 2.22. The smallest absolute Gasteiger partial charge is 0.254 e. The highest BCUT2D eigenvalue weighted by atomic mass is 32.2. The van der Waals surface area contributed by atoms with Gasteiger partial charge in [-0.05, 0) is 43.3 Å². The first-order chi connectivity index (χ1) is 12.2. The third-order valence-electron chi connectivity index (χ3n) is 4.43. The van der Waals surface area contributed by atoms with Gasteiger partial charge in [-0.1, -0.05) is 17.7 Å². The molecule has 0 unspecified atom stereocenters. The molecule has 0 saturated carbocycles. The number of carbonyl (C=O) groups excluding carboxylic acids is 1. The van der Waals surface area contributed by atoms with E-state index in [0.717, 1.165) is 12.0 Å². The Morgan fingerprint density at radius 2 is 1.65 bits per heavy atom. The molecule has 0 N–H and O–H groups in total. The molecule has 1 amide bonds. The van der Waals surface area contributed by atoms with Gasteiger partial charge in [0.2, 0.25) is 10.0 Å². The number of ether oxygens (including phenoxy) is 1. The van der Waals surface area contributed by atoms with Crippen molar-refractivity contribution < 1.29 is 17.9 Å². The number of aryl methyl sites for hydroxylation is 1. The topological polar surface area (TPSA) is 66.9 Å². The minimum Gasteiger partial charge on any atom is -0.487 e. The minimum atomic E-state index is -3.32. The van der Waals surface area contributed by atoms with Crippen molar-refractivity contribution in [3.8, 4) is 5.75 Å². The van der Waals surface area contributed by atoms with Crippen LogP contribution in [0, 0.1) is 6.92 Å². The zero-order valence-electron chi connectivity index (χ0n) is 15.0.